The molecular weight excluding hydrogens is 702 g/mol. The van der Waals surface area contributed by atoms with Crippen molar-refractivity contribution in [3.8, 4) is 17.2 Å². The van der Waals surface area contributed by atoms with Crippen LogP contribution in [0.25, 0.3) is 11.2 Å². The highest BCUT2D eigenvalue weighted by atomic mass is 16.6. The number of carbonyl (C=O) groups excluding carboxylic acids is 1. The van der Waals surface area contributed by atoms with Gasteiger partial charge in [-0.3, -0.25) is 19.1 Å². The number of benzene rings is 4. The highest BCUT2D eigenvalue weighted by Crippen LogP contribution is 2.44. The number of hydrogen-bond donors (Lipinski definition) is 3. The maximum Gasteiger partial charge on any atom is 0.280 e. The molecule has 0 spiro atoms. The fourth-order valence-corrected chi connectivity index (χ4v) is 7.11. The second-order valence-electron chi connectivity index (χ2n) is 13.4. The molecule has 3 heterocycles. The maximum absolute atomic E-state index is 13.6. The van der Waals surface area contributed by atoms with E-state index >= 15 is 0 Å². The number of anilines is 1. The van der Waals surface area contributed by atoms with Gasteiger partial charge in [0.25, 0.3) is 5.56 Å². The molecule has 3 N–H and O–H groups in total. The van der Waals surface area contributed by atoms with Gasteiger partial charge in [-0.25, -0.2) is 4.98 Å². The number of aryl methyl sites for hydroxylation is 1. The van der Waals surface area contributed by atoms with Gasteiger partial charge in [-0.1, -0.05) is 80.1 Å². The minimum absolute atomic E-state index is 0.0133. The molecule has 7 rings (SSSR count). The largest absolute Gasteiger partial charge is 0.497 e. The zero-order valence-electron chi connectivity index (χ0n) is 31.0. The van der Waals surface area contributed by atoms with Crippen LogP contribution in [-0.2, 0) is 32.0 Å². The van der Waals surface area contributed by atoms with Crippen LogP contribution in [0, 0.1) is 0 Å². The van der Waals surface area contributed by atoms with Gasteiger partial charge in [0.1, 0.15) is 29.5 Å². The van der Waals surface area contributed by atoms with Crippen LogP contribution in [0.15, 0.2) is 114 Å². The van der Waals surface area contributed by atoms with Crippen LogP contribution >= 0.6 is 0 Å². The molecule has 13 heteroatoms. The second kappa shape index (κ2) is 15.8. The molecule has 1 fully saturated rings. The lowest BCUT2D eigenvalue weighted by Crippen LogP contribution is -2.42. The van der Waals surface area contributed by atoms with E-state index in [1.54, 1.807) is 14.2 Å². The van der Waals surface area contributed by atoms with E-state index in [0.29, 0.717) is 17.2 Å². The first-order chi connectivity index (χ1) is 26.7. The molecule has 0 bridgehead atoms. The summed E-state index contributed by atoms with van der Waals surface area (Å²) in [7, 11) is 3.21. The Hall–Kier alpha value is -6.02. The highest BCUT2D eigenvalue weighted by Gasteiger charge is 2.53. The third-order valence-electron chi connectivity index (χ3n) is 9.97. The molecule has 6 aromatic rings. The summed E-state index contributed by atoms with van der Waals surface area (Å²) in [4.78, 5) is 44.0. The molecule has 0 amide bonds. The van der Waals surface area contributed by atoms with Crippen LogP contribution in [0.4, 0.5) is 5.95 Å². The molecule has 1 aliphatic heterocycles. The fraction of sp³-hybridized carbons (Fsp3) is 0.286. The van der Waals surface area contributed by atoms with Crippen LogP contribution in [0.5, 0.6) is 17.2 Å². The average molecular weight is 746 g/mol. The van der Waals surface area contributed by atoms with Gasteiger partial charge >= 0.3 is 0 Å². The lowest BCUT2D eigenvalue weighted by Gasteiger charge is -2.37. The molecule has 1 saturated heterocycles. The van der Waals surface area contributed by atoms with Gasteiger partial charge in [0, 0.05) is 6.42 Å². The van der Waals surface area contributed by atoms with Crippen molar-refractivity contribution in [2.45, 2.75) is 56.6 Å². The number of carbonyl (C=O) groups is 1. The van der Waals surface area contributed by atoms with Crippen molar-refractivity contribution in [2.75, 3.05) is 26.3 Å². The number of ether oxygens (including phenoxy) is 4. The Kier molecular flexibility index (Phi) is 10.7. The molecule has 0 radical (unpaired) electrons. The Bertz CT molecular complexity index is 2250. The number of methoxy groups -OCH3 is 2. The number of hydrogen-bond acceptors (Lipinski definition) is 11. The summed E-state index contributed by atoms with van der Waals surface area (Å²) < 4.78 is 25.9. The van der Waals surface area contributed by atoms with Gasteiger partial charge in [-0.05, 0) is 72.0 Å². The van der Waals surface area contributed by atoms with Crippen molar-refractivity contribution in [3.05, 3.63) is 142 Å². The van der Waals surface area contributed by atoms with E-state index in [-0.39, 0.29) is 30.1 Å². The fourth-order valence-electron chi connectivity index (χ4n) is 7.11. The number of aromatic amines is 1. The zero-order valence-corrected chi connectivity index (χ0v) is 31.0. The molecule has 55 heavy (non-hydrogen) atoms. The van der Waals surface area contributed by atoms with Gasteiger partial charge < -0.3 is 28.9 Å². The Morgan fingerprint density at radius 3 is 2.11 bits per heavy atom. The van der Waals surface area contributed by atoms with Crippen molar-refractivity contribution in [3.63, 3.8) is 0 Å². The van der Waals surface area contributed by atoms with E-state index in [4.69, 9.17) is 23.8 Å². The lowest BCUT2D eigenvalue weighted by atomic mass is 9.80. The molecule has 0 aliphatic carbocycles. The number of H-pyrrole nitrogens is 1. The molecule has 1 aliphatic rings. The van der Waals surface area contributed by atoms with Gasteiger partial charge in [-0.15, -0.1) is 0 Å². The summed E-state index contributed by atoms with van der Waals surface area (Å²) in [6, 6.07) is 32.4. The summed E-state index contributed by atoms with van der Waals surface area (Å²) >= 11 is 0. The predicted octanol–water partition coefficient (Wildman–Crippen LogP) is 5.90. The number of aliphatic hydroxyl groups is 1. The van der Waals surface area contributed by atoms with E-state index in [0.717, 1.165) is 29.5 Å². The number of ketones is 1. The smallest absolute Gasteiger partial charge is 0.280 e. The van der Waals surface area contributed by atoms with Crippen LogP contribution in [0.1, 0.15) is 48.9 Å². The summed E-state index contributed by atoms with van der Waals surface area (Å²) in [5, 5.41) is 11.6. The van der Waals surface area contributed by atoms with E-state index < -0.39 is 34.9 Å². The minimum atomic E-state index is -1.76. The first-order valence-corrected chi connectivity index (χ1v) is 18.1. The number of aromatic nitrogens is 4. The number of imidazole rings is 1. The molecule has 2 aromatic heterocycles. The van der Waals surface area contributed by atoms with Crippen molar-refractivity contribution in [2.24, 2.45) is 0 Å². The molecule has 0 unspecified atom stereocenters. The van der Waals surface area contributed by atoms with Crippen LogP contribution < -0.4 is 25.4 Å². The minimum Gasteiger partial charge on any atom is -0.497 e. The number of nitrogens with zero attached hydrogens (tertiary/aromatic N) is 3. The Morgan fingerprint density at radius 1 is 0.927 bits per heavy atom. The Balaban J connectivity index is 1.22. The topological polar surface area (TPSA) is 159 Å². The first-order valence-electron chi connectivity index (χ1n) is 18.1. The van der Waals surface area contributed by atoms with Crippen molar-refractivity contribution >= 4 is 22.9 Å². The van der Waals surface area contributed by atoms with Gasteiger partial charge in [0.05, 0.1) is 26.9 Å². The third-order valence-corrected chi connectivity index (χ3v) is 9.97. The quantitative estimate of drug-likeness (QED) is 0.0850. The summed E-state index contributed by atoms with van der Waals surface area (Å²) in [5.74, 6) is 1.42. The van der Waals surface area contributed by atoms with Crippen LogP contribution in [-0.4, -0.2) is 63.4 Å². The SMILES string of the molecule is CCCc1ccc(ONc2nc3c(ncn3[C@@]3(C(C)=O)C[C@H](O)[C@@H](COC(c4ccccc4)(c4ccc(OC)cc4)c4ccc(OC)cc4)O3)c(=O)[nH]2)cc1. The molecule has 284 valence electrons. The number of Topliss-reactive ketones (excluding diaryl/α,β-unsaturated/α-hetero) is 1. The second-order valence-corrected chi connectivity index (χ2v) is 13.4. The summed E-state index contributed by atoms with van der Waals surface area (Å²) in [6.07, 6.45) is 1.01. The number of fused-ring (bicyclic) bond motifs is 1. The van der Waals surface area contributed by atoms with E-state index in [2.05, 4.69) is 27.4 Å². The maximum atomic E-state index is 13.6. The first kappa shape index (κ1) is 37.3. The third kappa shape index (κ3) is 7.17. The van der Waals surface area contributed by atoms with E-state index in [1.807, 2.05) is 103 Å². The van der Waals surface area contributed by atoms with Gasteiger partial charge in [0.15, 0.2) is 22.7 Å². The Morgan fingerprint density at radius 2 is 1.53 bits per heavy atom. The number of rotatable bonds is 15. The van der Waals surface area contributed by atoms with E-state index in [1.165, 1.54) is 23.4 Å². The monoisotopic (exact) mass is 745 g/mol. The molecule has 4 aromatic carbocycles. The zero-order chi connectivity index (χ0) is 38.6. The average Bonchev–Trinajstić information content (AvgIpc) is 3.81. The number of nitrogens with one attached hydrogen (secondary N) is 2. The van der Waals surface area contributed by atoms with Crippen molar-refractivity contribution in [1.29, 1.82) is 0 Å². The van der Waals surface area contributed by atoms with Crippen molar-refractivity contribution < 1.29 is 33.7 Å². The van der Waals surface area contributed by atoms with Crippen LogP contribution in [0.3, 0.4) is 0 Å². The molecule has 0 saturated carbocycles. The van der Waals surface area contributed by atoms with Crippen LogP contribution in [0.2, 0.25) is 0 Å². The molecule has 13 nitrogen and oxygen atoms in total. The van der Waals surface area contributed by atoms with E-state index in [9.17, 15) is 14.7 Å². The van der Waals surface area contributed by atoms with Gasteiger partial charge in [0.2, 0.25) is 11.7 Å². The highest BCUT2D eigenvalue weighted by molar-refractivity contribution is 5.85. The predicted molar refractivity (Wildman–Crippen MR) is 205 cm³/mol. The molecule has 3 atom stereocenters. The molecular formula is C42H43N5O8. The lowest BCUT2D eigenvalue weighted by molar-refractivity contribution is -0.164. The van der Waals surface area contributed by atoms with Crippen molar-refractivity contribution in [1.82, 2.24) is 19.5 Å². The Labute approximate surface area is 317 Å². The summed E-state index contributed by atoms with van der Waals surface area (Å²) in [5.41, 5.74) is 2.80. The van der Waals surface area contributed by atoms with Gasteiger partial charge in [-0.2, -0.15) is 10.5 Å². The normalized spacial score (nSPS) is 18.3. The summed E-state index contributed by atoms with van der Waals surface area (Å²) in [6.45, 7) is 3.34. The number of aliphatic hydroxyl groups excluding tert-OH is 1. The standard InChI is InChI=1S/C42H43N5O8/c1-5-9-28-12-18-34(19-13-28)55-46-40-44-38-37(39(50)45-40)43-26-47(38)41(27(2)48)24-35(49)36(54-41)25-53-42(29-10-7-6-8-11-29,30-14-20-32(51-3)21-15-30)31-16-22-33(52-4)23-17-31/h6-8,10-23,26,35-36,49H,5,9,24-25H2,1-4H3,(H2,44,45,46,50)/t35-,36+,41-/m0/s1.